The van der Waals surface area contributed by atoms with Crippen molar-refractivity contribution in [2.24, 2.45) is 0 Å². The van der Waals surface area contributed by atoms with Crippen LogP contribution in [0.25, 0.3) is 0 Å². The highest BCUT2D eigenvalue weighted by atomic mass is 32.2. The minimum absolute atomic E-state index is 0.284. The van der Waals surface area contributed by atoms with E-state index >= 15 is 0 Å². The molecular formula is C12H16O2S. The normalized spacial score (nSPS) is 14.9. The summed E-state index contributed by atoms with van der Waals surface area (Å²) in [5.74, 6) is -0.785. The standard InChI is InChI=1S/C12H16O2S/c1-9(2)15-12(3,11(13)14)10-7-5-4-6-8-10/h4-9H,1-3H3,(H,13,14). The Labute approximate surface area is 94.7 Å². The third kappa shape index (κ3) is 2.75. The summed E-state index contributed by atoms with van der Waals surface area (Å²) in [5.41, 5.74) is 0.844. The maximum atomic E-state index is 11.3. The van der Waals surface area contributed by atoms with E-state index in [1.807, 2.05) is 44.2 Å². The van der Waals surface area contributed by atoms with Crippen LogP contribution in [0.5, 0.6) is 0 Å². The molecule has 1 rings (SSSR count). The van der Waals surface area contributed by atoms with E-state index in [4.69, 9.17) is 0 Å². The van der Waals surface area contributed by atoms with Crippen LogP contribution in [0.15, 0.2) is 30.3 Å². The van der Waals surface area contributed by atoms with Crippen molar-refractivity contribution < 1.29 is 9.90 Å². The second-order valence-electron chi connectivity index (χ2n) is 3.87. The Morgan fingerprint density at radius 1 is 1.33 bits per heavy atom. The molecule has 15 heavy (non-hydrogen) atoms. The minimum atomic E-state index is -0.852. The van der Waals surface area contributed by atoms with Gasteiger partial charge < -0.3 is 5.11 Å². The lowest BCUT2D eigenvalue weighted by Gasteiger charge is -2.26. The number of aliphatic carboxylic acids is 1. The van der Waals surface area contributed by atoms with Crippen molar-refractivity contribution in [1.29, 1.82) is 0 Å². The van der Waals surface area contributed by atoms with Crippen LogP contribution in [0, 0.1) is 0 Å². The first-order chi connectivity index (χ1) is 6.97. The maximum Gasteiger partial charge on any atom is 0.324 e. The van der Waals surface area contributed by atoms with Crippen LogP contribution >= 0.6 is 11.8 Å². The van der Waals surface area contributed by atoms with Gasteiger partial charge in [-0.3, -0.25) is 4.79 Å². The molecule has 1 aromatic carbocycles. The second-order valence-corrected chi connectivity index (χ2v) is 5.87. The van der Waals surface area contributed by atoms with Crippen LogP contribution in [-0.4, -0.2) is 16.3 Å². The molecule has 0 saturated carbocycles. The van der Waals surface area contributed by atoms with E-state index in [0.29, 0.717) is 0 Å². The zero-order valence-corrected chi connectivity index (χ0v) is 10.0. The number of thioether (sulfide) groups is 1. The number of hydrogen-bond donors (Lipinski definition) is 1. The van der Waals surface area contributed by atoms with E-state index in [1.54, 1.807) is 6.92 Å². The Morgan fingerprint density at radius 2 is 1.87 bits per heavy atom. The van der Waals surface area contributed by atoms with E-state index in [-0.39, 0.29) is 5.25 Å². The van der Waals surface area contributed by atoms with Gasteiger partial charge in [0.2, 0.25) is 0 Å². The first-order valence-electron chi connectivity index (χ1n) is 4.93. The van der Waals surface area contributed by atoms with E-state index in [2.05, 4.69) is 0 Å². The molecule has 0 heterocycles. The summed E-state index contributed by atoms with van der Waals surface area (Å²) in [7, 11) is 0. The van der Waals surface area contributed by atoms with Crippen molar-refractivity contribution in [2.75, 3.05) is 0 Å². The molecule has 1 atom stereocenters. The van der Waals surface area contributed by atoms with Gasteiger partial charge in [0, 0.05) is 5.25 Å². The Morgan fingerprint density at radius 3 is 2.27 bits per heavy atom. The van der Waals surface area contributed by atoms with Crippen LogP contribution < -0.4 is 0 Å². The van der Waals surface area contributed by atoms with Gasteiger partial charge in [0.1, 0.15) is 4.75 Å². The molecule has 0 aromatic heterocycles. The molecule has 1 aromatic rings. The van der Waals surface area contributed by atoms with Gasteiger partial charge in [-0.15, -0.1) is 11.8 Å². The highest BCUT2D eigenvalue weighted by molar-refractivity contribution is 8.01. The lowest BCUT2D eigenvalue weighted by molar-refractivity contribution is -0.139. The SMILES string of the molecule is CC(C)SC(C)(C(=O)O)c1ccccc1. The summed E-state index contributed by atoms with van der Waals surface area (Å²) in [5, 5.41) is 9.60. The molecular weight excluding hydrogens is 208 g/mol. The van der Waals surface area contributed by atoms with Gasteiger partial charge in [-0.2, -0.15) is 0 Å². The van der Waals surface area contributed by atoms with Gasteiger partial charge in [0.25, 0.3) is 0 Å². The Kier molecular flexibility index (Phi) is 3.80. The average molecular weight is 224 g/mol. The topological polar surface area (TPSA) is 37.3 Å². The number of rotatable bonds is 4. The third-order valence-corrected chi connectivity index (χ3v) is 3.56. The summed E-state index contributed by atoms with van der Waals surface area (Å²) in [6.07, 6.45) is 0. The van der Waals surface area contributed by atoms with Gasteiger partial charge in [-0.1, -0.05) is 44.2 Å². The summed E-state index contributed by atoms with van der Waals surface area (Å²) < 4.78 is -0.852. The van der Waals surface area contributed by atoms with Gasteiger partial charge in [0.15, 0.2) is 0 Å². The lowest BCUT2D eigenvalue weighted by atomic mass is 10.0. The highest BCUT2D eigenvalue weighted by Crippen LogP contribution is 2.38. The number of carboxylic acid groups (broad SMARTS) is 1. The molecule has 0 amide bonds. The van der Waals surface area contributed by atoms with Crippen LogP contribution in [-0.2, 0) is 9.54 Å². The highest BCUT2D eigenvalue weighted by Gasteiger charge is 2.36. The van der Waals surface area contributed by atoms with E-state index in [9.17, 15) is 9.90 Å². The molecule has 0 aliphatic rings. The average Bonchev–Trinajstić information content (AvgIpc) is 2.17. The predicted molar refractivity (Wildman–Crippen MR) is 64.2 cm³/mol. The Balaban J connectivity index is 3.07. The fourth-order valence-electron chi connectivity index (χ4n) is 1.47. The number of carbonyl (C=O) groups is 1. The lowest BCUT2D eigenvalue weighted by Crippen LogP contribution is -2.30. The molecule has 0 aliphatic heterocycles. The Hall–Kier alpha value is -0.960. The van der Waals surface area contributed by atoms with Crippen LogP contribution in [0.4, 0.5) is 0 Å². The van der Waals surface area contributed by atoms with Crippen molar-refractivity contribution in [3.63, 3.8) is 0 Å². The smallest absolute Gasteiger partial charge is 0.324 e. The molecule has 0 radical (unpaired) electrons. The second kappa shape index (κ2) is 4.71. The van der Waals surface area contributed by atoms with Crippen molar-refractivity contribution in [3.05, 3.63) is 35.9 Å². The number of carboxylic acids is 1. The number of benzene rings is 1. The van der Waals surface area contributed by atoms with Gasteiger partial charge in [-0.25, -0.2) is 0 Å². The van der Waals surface area contributed by atoms with Crippen LogP contribution in [0.1, 0.15) is 26.3 Å². The summed E-state index contributed by atoms with van der Waals surface area (Å²) >= 11 is 1.46. The monoisotopic (exact) mass is 224 g/mol. The summed E-state index contributed by atoms with van der Waals surface area (Å²) in [6, 6.07) is 9.37. The molecule has 0 spiro atoms. The van der Waals surface area contributed by atoms with Crippen molar-refractivity contribution in [1.82, 2.24) is 0 Å². The van der Waals surface area contributed by atoms with Crippen LogP contribution in [0.2, 0.25) is 0 Å². The molecule has 1 unspecified atom stereocenters. The van der Waals surface area contributed by atoms with E-state index in [0.717, 1.165) is 5.56 Å². The van der Waals surface area contributed by atoms with E-state index in [1.165, 1.54) is 11.8 Å². The quantitative estimate of drug-likeness (QED) is 0.853. The minimum Gasteiger partial charge on any atom is -0.480 e. The first kappa shape index (κ1) is 12.1. The summed E-state index contributed by atoms with van der Waals surface area (Å²) in [6.45, 7) is 5.78. The molecule has 2 nitrogen and oxygen atoms in total. The van der Waals surface area contributed by atoms with Gasteiger partial charge in [0.05, 0.1) is 0 Å². The molecule has 0 fully saturated rings. The molecule has 0 aliphatic carbocycles. The summed E-state index contributed by atoms with van der Waals surface area (Å²) in [4.78, 5) is 11.3. The zero-order valence-electron chi connectivity index (χ0n) is 9.23. The van der Waals surface area contributed by atoms with Crippen molar-refractivity contribution >= 4 is 17.7 Å². The third-order valence-electron chi connectivity index (χ3n) is 2.20. The molecule has 0 bridgehead atoms. The predicted octanol–water partition coefficient (Wildman–Crippen LogP) is 3.13. The molecule has 3 heteroatoms. The van der Waals surface area contributed by atoms with E-state index < -0.39 is 10.7 Å². The zero-order chi connectivity index (χ0) is 11.5. The van der Waals surface area contributed by atoms with Crippen molar-refractivity contribution in [2.45, 2.75) is 30.8 Å². The van der Waals surface area contributed by atoms with Gasteiger partial charge in [-0.05, 0) is 12.5 Å². The first-order valence-corrected chi connectivity index (χ1v) is 5.81. The fourth-order valence-corrected chi connectivity index (χ4v) is 2.79. The maximum absolute atomic E-state index is 11.3. The molecule has 0 saturated heterocycles. The largest absolute Gasteiger partial charge is 0.480 e. The van der Waals surface area contributed by atoms with Crippen LogP contribution in [0.3, 0.4) is 0 Å². The van der Waals surface area contributed by atoms with Gasteiger partial charge >= 0.3 is 5.97 Å². The Bertz CT molecular complexity index is 335. The van der Waals surface area contributed by atoms with Crippen molar-refractivity contribution in [3.8, 4) is 0 Å². The number of hydrogen-bond acceptors (Lipinski definition) is 2. The molecule has 1 N–H and O–H groups in total. The molecule has 82 valence electrons. The fraction of sp³-hybridized carbons (Fsp3) is 0.417.